The Morgan fingerprint density at radius 1 is 1.02 bits per heavy atom. The van der Waals surface area contributed by atoms with Gasteiger partial charge >= 0.3 is 11.8 Å². The van der Waals surface area contributed by atoms with E-state index in [0.717, 1.165) is 57.9 Å². The van der Waals surface area contributed by atoms with E-state index in [9.17, 15) is 14.3 Å². The zero-order chi connectivity index (χ0) is 42.2. The Balaban J connectivity index is 1.10. The van der Waals surface area contributed by atoms with E-state index in [1.807, 2.05) is 6.92 Å². The van der Waals surface area contributed by atoms with Crippen molar-refractivity contribution in [3.63, 3.8) is 0 Å². The number of rotatable bonds is 8. The number of pyridine rings is 1. The molecule has 0 amide bonds. The minimum absolute atomic E-state index is 0.00377. The minimum atomic E-state index is -0.961. The number of halogens is 3. The Morgan fingerprint density at radius 2 is 1.85 bits per heavy atom. The van der Waals surface area contributed by atoms with Gasteiger partial charge in [-0.2, -0.15) is 9.97 Å². The summed E-state index contributed by atoms with van der Waals surface area (Å²) >= 11 is 0. The van der Waals surface area contributed by atoms with Crippen LogP contribution in [0.15, 0.2) is 37.9 Å². The third-order valence-corrected chi connectivity index (χ3v) is 14.4. The molecule has 0 bridgehead atoms. The average Bonchev–Trinajstić information content (AvgIpc) is 3.92. The van der Waals surface area contributed by atoms with Crippen molar-refractivity contribution in [2.45, 2.75) is 127 Å². The third-order valence-electron chi connectivity index (χ3n) is 14.4. The first-order valence-corrected chi connectivity index (χ1v) is 22.0. The summed E-state index contributed by atoms with van der Waals surface area (Å²) in [5.41, 5.74) is 0.0323. The van der Waals surface area contributed by atoms with E-state index < -0.39 is 29.2 Å². The van der Waals surface area contributed by atoms with Gasteiger partial charge in [-0.05, 0) is 81.0 Å². The van der Waals surface area contributed by atoms with Gasteiger partial charge in [0.25, 0.3) is 0 Å². The predicted octanol–water partition coefficient (Wildman–Crippen LogP) is 8.73. The van der Waals surface area contributed by atoms with E-state index in [4.69, 9.17) is 34.9 Å². The van der Waals surface area contributed by atoms with E-state index in [1.54, 1.807) is 0 Å². The molecule has 0 radical (unpaired) electrons. The minimum Gasteiger partial charge on any atom is -0.508 e. The number of anilines is 1. The topological polar surface area (TPSA) is 121 Å². The highest BCUT2D eigenvalue weighted by Gasteiger charge is 2.49. The van der Waals surface area contributed by atoms with Crippen LogP contribution in [0.1, 0.15) is 119 Å². The summed E-state index contributed by atoms with van der Waals surface area (Å²) in [5, 5.41) is 12.1. The quantitative estimate of drug-likeness (QED) is 0.151. The maximum atomic E-state index is 17.7. The molecule has 11 nitrogen and oxygen atoms in total. The molecule has 5 aliphatic rings. The first-order valence-electron chi connectivity index (χ1n) is 22.0. The molecule has 320 valence electrons. The van der Waals surface area contributed by atoms with Gasteiger partial charge in [-0.15, -0.1) is 6.42 Å². The standard InChI is InChI=1S/C47H51F3N6O5/c1-4-30-23-56-31(22-54(30)24-36-43(61-46(58)60-36)27-10-7-6-8-11-27)14-12-26(3)40-38-42(52-45(53-44(38)56)59-25-47-16-9-17-55(47)21-29(48)20-47)39(50)41(51-40)34-19-32(57)18-28-13-15-35(49)33(5-2)37(28)34/h2,13,15,18-19,26-27,29-31,57H,4,6-12,14,16-17,20-25H2,1,3H3/t26-,29-,30-,31-,47+/m1/s1. The van der Waals surface area contributed by atoms with Gasteiger partial charge in [-0.25, -0.2) is 22.9 Å². The maximum absolute atomic E-state index is 17.7. The molecule has 7 heterocycles. The molecule has 1 saturated carbocycles. The van der Waals surface area contributed by atoms with Crippen molar-refractivity contribution in [1.29, 1.82) is 0 Å². The molecule has 3 aromatic heterocycles. The normalized spacial score (nSPS) is 26.0. The highest BCUT2D eigenvalue weighted by atomic mass is 19.1. The Labute approximate surface area is 352 Å². The number of phenolic OH excluding ortho intramolecular Hbond substituents is 1. The van der Waals surface area contributed by atoms with Gasteiger partial charge in [-0.1, -0.05) is 45.1 Å². The van der Waals surface area contributed by atoms with Crippen molar-refractivity contribution in [3.05, 3.63) is 69.3 Å². The number of aromatic nitrogens is 3. The predicted molar refractivity (Wildman–Crippen MR) is 225 cm³/mol. The number of piperazine rings is 1. The summed E-state index contributed by atoms with van der Waals surface area (Å²) < 4.78 is 65.8. The van der Waals surface area contributed by atoms with Crippen LogP contribution in [-0.2, 0) is 6.54 Å². The molecule has 0 unspecified atom stereocenters. The zero-order valence-electron chi connectivity index (χ0n) is 34.7. The zero-order valence-corrected chi connectivity index (χ0v) is 34.7. The van der Waals surface area contributed by atoms with Gasteiger partial charge in [0.15, 0.2) is 17.3 Å². The van der Waals surface area contributed by atoms with Crippen molar-refractivity contribution >= 4 is 27.5 Å². The number of phenols is 1. The molecule has 14 heteroatoms. The highest BCUT2D eigenvalue weighted by Crippen LogP contribution is 2.46. The molecule has 5 aromatic rings. The summed E-state index contributed by atoms with van der Waals surface area (Å²) in [4.78, 5) is 34.3. The molecule has 4 aliphatic heterocycles. The van der Waals surface area contributed by atoms with Crippen LogP contribution in [0.4, 0.5) is 19.0 Å². The second-order valence-electron chi connectivity index (χ2n) is 18.1. The number of aromatic hydroxyl groups is 1. The van der Waals surface area contributed by atoms with Crippen LogP contribution >= 0.6 is 0 Å². The Hall–Kier alpha value is -5.13. The molecule has 2 aromatic carbocycles. The SMILES string of the molecule is C#Cc1c(F)ccc2cc(O)cc(-c3nc4c5c(nc(OC[C@@]67CCCN6C[C@H](F)C7)nc5c3F)N3C[C@@H](CC)N(Cc5oc(=O)oc5C5CCCCC5)C[C@H]3CC[C@H]4C)c12. The lowest BCUT2D eigenvalue weighted by molar-refractivity contribution is 0.107. The van der Waals surface area contributed by atoms with Crippen LogP contribution in [0, 0.1) is 24.0 Å². The van der Waals surface area contributed by atoms with Crippen molar-refractivity contribution in [1.82, 2.24) is 24.8 Å². The van der Waals surface area contributed by atoms with E-state index >= 15 is 8.78 Å². The maximum Gasteiger partial charge on any atom is 0.519 e. The van der Waals surface area contributed by atoms with Crippen molar-refractivity contribution < 1.29 is 31.8 Å². The van der Waals surface area contributed by atoms with Gasteiger partial charge in [0.2, 0.25) is 0 Å². The van der Waals surface area contributed by atoms with E-state index in [2.05, 4.69) is 27.5 Å². The molecular formula is C47H51F3N6O5. The first kappa shape index (κ1) is 40.0. The second-order valence-corrected chi connectivity index (χ2v) is 18.1. The third kappa shape index (κ3) is 6.92. The monoisotopic (exact) mass is 836 g/mol. The average molecular weight is 837 g/mol. The van der Waals surface area contributed by atoms with E-state index in [0.29, 0.717) is 72.8 Å². The van der Waals surface area contributed by atoms with Gasteiger partial charge in [-0.3, -0.25) is 9.80 Å². The lowest BCUT2D eigenvalue weighted by atomic mass is 9.86. The van der Waals surface area contributed by atoms with Gasteiger partial charge in [0.05, 0.1) is 28.7 Å². The van der Waals surface area contributed by atoms with Crippen molar-refractivity contribution in [2.75, 3.05) is 37.7 Å². The number of hydrogen-bond donors (Lipinski definition) is 1. The molecule has 5 atom stereocenters. The number of ether oxygens (including phenoxy) is 1. The number of hydrogen-bond acceptors (Lipinski definition) is 11. The fourth-order valence-electron chi connectivity index (χ4n) is 11.3. The Kier molecular flexibility index (Phi) is 10.3. The second kappa shape index (κ2) is 15.6. The lowest BCUT2D eigenvalue weighted by Crippen LogP contribution is -2.58. The van der Waals surface area contributed by atoms with Gasteiger partial charge in [0.1, 0.15) is 41.4 Å². The fraction of sp³-hybridized carbons (Fsp3) is 0.532. The first-order chi connectivity index (χ1) is 29.5. The number of alkyl halides is 1. The highest BCUT2D eigenvalue weighted by molar-refractivity contribution is 6.03. The Morgan fingerprint density at radius 3 is 2.66 bits per heavy atom. The summed E-state index contributed by atoms with van der Waals surface area (Å²) in [6.07, 6.45) is 14.4. The summed E-state index contributed by atoms with van der Waals surface area (Å²) in [6, 6.07) is 5.47. The van der Waals surface area contributed by atoms with Gasteiger partial charge in [0, 0.05) is 55.0 Å². The summed E-state index contributed by atoms with van der Waals surface area (Å²) in [5.74, 6) is 1.94. The van der Waals surface area contributed by atoms with Crippen LogP contribution in [0.25, 0.3) is 32.9 Å². The Bertz CT molecular complexity index is 2620. The van der Waals surface area contributed by atoms with Crippen LogP contribution in [0.2, 0.25) is 0 Å². The van der Waals surface area contributed by atoms with Crippen molar-refractivity contribution in [2.24, 2.45) is 0 Å². The molecule has 4 fully saturated rings. The number of nitrogens with zero attached hydrogens (tertiary/aromatic N) is 6. The number of benzene rings is 2. The summed E-state index contributed by atoms with van der Waals surface area (Å²) in [7, 11) is 0. The van der Waals surface area contributed by atoms with Crippen LogP contribution in [0.5, 0.6) is 11.8 Å². The molecule has 0 spiro atoms. The molecule has 10 rings (SSSR count). The van der Waals surface area contributed by atoms with Crippen LogP contribution < -0.4 is 15.5 Å². The molecule has 3 saturated heterocycles. The molecule has 61 heavy (non-hydrogen) atoms. The molecule has 1 N–H and O–H groups in total. The molecular weight excluding hydrogens is 786 g/mol. The lowest BCUT2D eigenvalue weighted by Gasteiger charge is -2.48. The number of fused-ring (bicyclic) bond motifs is 4. The van der Waals surface area contributed by atoms with Crippen LogP contribution in [-0.4, -0.2) is 86.4 Å². The van der Waals surface area contributed by atoms with Crippen LogP contribution in [0.3, 0.4) is 0 Å². The largest absolute Gasteiger partial charge is 0.519 e. The summed E-state index contributed by atoms with van der Waals surface area (Å²) in [6.45, 7) is 7.06. The fourth-order valence-corrected chi connectivity index (χ4v) is 11.3. The smallest absolute Gasteiger partial charge is 0.508 e. The van der Waals surface area contributed by atoms with E-state index in [1.165, 1.54) is 30.7 Å². The number of terminal acetylenes is 1. The molecule has 1 aliphatic carbocycles. The van der Waals surface area contributed by atoms with Crippen molar-refractivity contribution in [3.8, 4) is 35.4 Å². The van der Waals surface area contributed by atoms with E-state index in [-0.39, 0.29) is 70.0 Å². The van der Waals surface area contributed by atoms with Gasteiger partial charge < -0.3 is 23.6 Å².